The lowest BCUT2D eigenvalue weighted by Gasteiger charge is -2.31. The van der Waals surface area contributed by atoms with Crippen LogP contribution in [0.5, 0.6) is 0 Å². The van der Waals surface area contributed by atoms with Crippen LogP contribution in [0.4, 0.5) is 0 Å². The highest BCUT2D eigenvalue weighted by atomic mass is 32.1. The van der Waals surface area contributed by atoms with Crippen molar-refractivity contribution < 1.29 is 4.74 Å². The summed E-state index contributed by atoms with van der Waals surface area (Å²) >= 11 is 1.80. The Bertz CT molecular complexity index is 726. The number of likely N-dealkylation sites (tertiary alicyclic amines) is 1. The molecule has 4 rings (SSSR count). The van der Waals surface area contributed by atoms with Gasteiger partial charge in [0.05, 0.1) is 36.7 Å². The van der Waals surface area contributed by atoms with Crippen LogP contribution in [0.25, 0.3) is 0 Å². The molecule has 2 aromatic heterocycles. The summed E-state index contributed by atoms with van der Waals surface area (Å²) in [6.07, 6.45) is 6.40. The molecule has 0 aliphatic carbocycles. The number of hydrogen-bond acceptors (Lipinski definition) is 6. The Hall–Kier alpha value is -1.57. The predicted molar refractivity (Wildman–Crippen MR) is 92.0 cm³/mol. The first-order valence-electron chi connectivity index (χ1n) is 8.56. The lowest BCUT2D eigenvalue weighted by Crippen LogP contribution is -2.35. The molecule has 0 aromatic carbocycles. The van der Waals surface area contributed by atoms with Crippen molar-refractivity contribution in [1.29, 1.82) is 0 Å². The Morgan fingerprint density at radius 2 is 2.21 bits per heavy atom. The summed E-state index contributed by atoms with van der Waals surface area (Å²) in [5.74, 6) is 0.557. The minimum absolute atomic E-state index is 0.0445. The summed E-state index contributed by atoms with van der Waals surface area (Å²) in [7, 11) is 0. The third kappa shape index (κ3) is 3.58. The summed E-state index contributed by atoms with van der Waals surface area (Å²) in [6.45, 7) is 5.39. The molecule has 2 aromatic rings. The van der Waals surface area contributed by atoms with Crippen molar-refractivity contribution in [2.45, 2.75) is 39.0 Å². The Labute approximate surface area is 145 Å². The molecule has 1 fully saturated rings. The van der Waals surface area contributed by atoms with Gasteiger partial charge in [0.1, 0.15) is 5.01 Å². The van der Waals surface area contributed by atoms with Gasteiger partial charge in [0.25, 0.3) is 5.56 Å². The SMILES string of the molecule is O=c1ccncn1CC1CCN(Cc2nc3c(s2)COCC3)CC1. The molecular formula is C17H22N4O2S. The van der Waals surface area contributed by atoms with Crippen molar-refractivity contribution in [2.75, 3.05) is 19.7 Å². The molecule has 2 aliphatic heterocycles. The van der Waals surface area contributed by atoms with Crippen molar-refractivity contribution in [3.8, 4) is 0 Å². The first-order chi connectivity index (χ1) is 11.8. The summed E-state index contributed by atoms with van der Waals surface area (Å²) in [6, 6.07) is 1.53. The Morgan fingerprint density at radius 1 is 1.33 bits per heavy atom. The van der Waals surface area contributed by atoms with Gasteiger partial charge in [-0.2, -0.15) is 0 Å². The van der Waals surface area contributed by atoms with Crippen LogP contribution in [0, 0.1) is 5.92 Å². The maximum Gasteiger partial charge on any atom is 0.253 e. The zero-order chi connectivity index (χ0) is 16.4. The number of thiazole rings is 1. The second kappa shape index (κ2) is 7.13. The van der Waals surface area contributed by atoms with Gasteiger partial charge in [-0.3, -0.25) is 14.3 Å². The number of hydrogen-bond donors (Lipinski definition) is 0. The summed E-state index contributed by atoms with van der Waals surface area (Å²) < 4.78 is 7.23. The van der Waals surface area contributed by atoms with E-state index in [1.807, 2.05) is 0 Å². The molecule has 7 heteroatoms. The molecule has 0 saturated carbocycles. The molecule has 0 atom stereocenters. The fourth-order valence-electron chi connectivity index (χ4n) is 3.46. The number of piperidine rings is 1. The molecule has 1 saturated heterocycles. The van der Waals surface area contributed by atoms with E-state index in [0.717, 1.165) is 58.7 Å². The largest absolute Gasteiger partial charge is 0.375 e. The average Bonchev–Trinajstić information content (AvgIpc) is 3.01. The fraction of sp³-hybridized carbons (Fsp3) is 0.588. The zero-order valence-corrected chi connectivity index (χ0v) is 14.5. The quantitative estimate of drug-likeness (QED) is 0.843. The highest BCUT2D eigenvalue weighted by Crippen LogP contribution is 2.26. The van der Waals surface area contributed by atoms with Gasteiger partial charge in [-0.25, -0.2) is 9.97 Å². The smallest absolute Gasteiger partial charge is 0.253 e. The van der Waals surface area contributed by atoms with E-state index in [1.54, 1.807) is 28.4 Å². The van der Waals surface area contributed by atoms with Crippen molar-refractivity contribution in [3.05, 3.63) is 44.5 Å². The second-order valence-electron chi connectivity index (χ2n) is 6.57. The average molecular weight is 346 g/mol. The molecule has 2 aliphatic rings. The highest BCUT2D eigenvalue weighted by Gasteiger charge is 2.22. The molecule has 0 amide bonds. The van der Waals surface area contributed by atoms with E-state index in [2.05, 4.69) is 9.88 Å². The number of aromatic nitrogens is 3. The minimum Gasteiger partial charge on any atom is -0.375 e. The first-order valence-corrected chi connectivity index (χ1v) is 9.37. The summed E-state index contributed by atoms with van der Waals surface area (Å²) in [5, 5.41) is 1.22. The Morgan fingerprint density at radius 3 is 3.00 bits per heavy atom. The van der Waals surface area contributed by atoms with Crippen LogP contribution in [-0.2, 0) is 30.9 Å². The van der Waals surface area contributed by atoms with Gasteiger partial charge in [0, 0.05) is 25.2 Å². The summed E-state index contributed by atoms with van der Waals surface area (Å²) in [4.78, 5) is 24.4. The monoisotopic (exact) mass is 346 g/mol. The van der Waals surface area contributed by atoms with Gasteiger partial charge in [-0.15, -0.1) is 11.3 Å². The fourth-order valence-corrected chi connectivity index (χ4v) is 4.55. The second-order valence-corrected chi connectivity index (χ2v) is 7.74. The normalized spacial score (nSPS) is 19.3. The number of ether oxygens (including phenoxy) is 1. The predicted octanol–water partition coefficient (Wildman–Crippen LogP) is 1.68. The molecule has 4 heterocycles. The van der Waals surface area contributed by atoms with Gasteiger partial charge in [0.2, 0.25) is 0 Å². The van der Waals surface area contributed by atoms with E-state index in [0.29, 0.717) is 5.92 Å². The van der Waals surface area contributed by atoms with E-state index in [-0.39, 0.29) is 5.56 Å². The van der Waals surface area contributed by atoms with Crippen molar-refractivity contribution in [3.63, 3.8) is 0 Å². The maximum absolute atomic E-state index is 11.8. The van der Waals surface area contributed by atoms with Gasteiger partial charge >= 0.3 is 0 Å². The van der Waals surface area contributed by atoms with Crippen LogP contribution >= 0.6 is 11.3 Å². The van der Waals surface area contributed by atoms with Crippen LogP contribution in [0.2, 0.25) is 0 Å². The molecule has 0 bridgehead atoms. The molecule has 0 spiro atoms. The molecular weight excluding hydrogens is 324 g/mol. The van der Waals surface area contributed by atoms with E-state index in [1.165, 1.54) is 21.6 Å². The molecule has 128 valence electrons. The number of fused-ring (bicyclic) bond motifs is 1. The van der Waals surface area contributed by atoms with Crippen molar-refractivity contribution in [2.24, 2.45) is 5.92 Å². The Balaban J connectivity index is 1.31. The zero-order valence-electron chi connectivity index (χ0n) is 13.7. The third-order valence-electron chi connectivity index (χ3n) is 4.85. The van der Waals surface area contributed by atoms with Crippen LogP contribution in [0.3, 0.4) is 0 Å². The summed E-state index contributed by atoms with van der Waals surface area (Å²) in [5.41, 5.74) is 1.29. The lowest BCUT2D eigenvalue weighted by atomic mass is 9.97. The first kappa shape index (κ1) is 15.9. The third-order valence-corrected chi connectivity index (χ3v) is 5.91. The Kier molecular flexibility index (Phi) is 4.73. The standard InChI is InChI=1S/C17H22N4O2S/c22-17-1-5-18-12-21(17)9-13-2-6-20(7-3-13)10-16-19-14-4-8-23-11-15(14)24-16/h1,5,12-13H,2-4,6-11H2. The molecule has 6 nitrogen and oxygen atoms in total. The van der Waals surface area contributed by atoms with Crippen LogP contribution in [0.15, 0.2) is 23.4 Å². The van der Waals surface area contributed by atoms with Crippen LogP contribution in [-0.4, -0.2) is 39.1 Å². The van der Waals surface area contributed by atoms with E-state index < -0.39 is 0 Å². The maximum atomic E-state index is 11.8. The highest BCUT2D eigenvalue weighted by molar-refractivity contribution is 7.11. The van der Waals surface area contributed by atoms with Gasteiger partial charge < -0.3 is 4.74 Å². The molecule has 0 N–H and O–H groups in total. The van der Waals surface area contributed by atoms with E-state index >= 15 is 0 Å². The lowest BCUT2D eigenvalue weighted by molar-refractivity contribution is 0.112. The molecule has 24 heavy (non-hydrogen) atoms. The van der Waals surface area contributed by atoms with Gasteiger partial charge in [-0.05, 0) is 31.8 Å². The van der Waals surface area contributed by atoms with Gasteiger partial charge in [-0.1, -0.05) is 0 Å². The molecule has 0 radical (unpaired) electrons. The van der Waals surface area contributed by atoms with E-state index in [9.17, 15) is 4.79 Å². The van der Waals surface area contributed by atoms with Gasteiger partial charge in [0.15, 0.2) is 0 Å². The van der Waals surface area contributed by atoms with Crippen LogP contribution < -0.4 is 5.56 Å². The van der Waals surface area contributed by atoms with Crippen molar-refractivity contribution >= 4 is 11.3 Å². The topological polar surface area (TPSA) is 60.2 Å². The minimum atomic E-state index is 0.0445. The number of nitrogens with zero attached hydrogens (tertiary/aromatic N) is 4. The van der Waals surface area contributed by atoms with Crippen molar-refractivity contribution in [1.82, 2.24) is 19.4 Å². The van der Waals surface area contributed by atoms with E-state index in [4.69, 9.17) is 9.72 Å². The number of rotatable bonds is 4. The molecule has 0 unspecified atom stereocenters. The van der Waals surface area contributed by atoms with Crippen LogP contribution in [0.1, 0.15) is 28.4 Å².